The number of anilines is 2. The molecule has 0 unspecified atom stereocenters. The third-order valence-electron chi connectivity index (χ3n) is 26.1. The number of amides is 4. The minimum atomic E-state index is -0.407. The van der Waals surface area contributed by atoms with Gasteiger partial charge >= 0.3 is 0 Å². The van der Waals surface area contributed by atoms with Crippen LogP contribution in [0, 0.1) is 13.8 Å². The summed E-state index contributed by atoms with van der Waals surface area (Å²) in [6, 6.07) is 74.2. The second-order valence-electron chi connectivity index (χ2n) is 42.9. The predicted molar refractivity (Wildman–Crippen MR) is 503 cm³/mol. The van der Waals surface area contributed by atoms with Gasteiger partial charge in [0.1, 0.15) is 0 Å². The van der Waals surface area contributed by atoms with Gasteiger partial charge in [0.2, 0.25) is 0 Å². The quantitative estimate of drug-likeness (QED) is 0.149. The van der Waals surface area contributed by atoms with Gasteiger partial charge in [0.15, 0.2) is 0 Å². The maximum absolute atomic E-state index is 15.9. The molecule has 120 heavy (non-hydrogen) atoms. The molecule has 0 fully saturated rings. The Hall–Kier alpha value is -11.9. The summed E-state index contributed by atoms with van der Waals surface area (Å²) in [5.74, 6) is -1.63. The highest BCUT2D eigenvalue weighted by Crippen LogP contribution is 2.50. The molecule has 0 saturated carbocycles. The Balaban J connectivity index is 0.758. The van der Waals surface area contributed by atoms with Gasteiger partial charge in [-0.15, -0.1) is 0 Å². The topological polar surface area (TPSA) is 94.5 Å². The third-order valence-corrected chi connectivity index (χ3v) is 26.1. The van der Waals surface area contributed by atoms with Crippen molar-refractivity contribution in [1.82, 2.24) is 18.3 Å². The van der Waals surface area contributed by atoms with Crippen molar-refractivity contribution in [3.63, 3.8) is 0 Å². The van der Waals surface area contributed by atoms with Crippen LogP contribution in [0.5, 0.6) is 0 Å². The van der Waals surface area contributed by atoms with E-state index < -0.39 is 23.6 Å². The van der Waals surface area contributed by atoms with E-state index in [0.717, 1.165) is 132 Å². The molecule has 0 aliphatic carbocycles. The van der Waals surface area contributed by atoms with Crippen LogP contribution in [0.4, 0.5) is 11.4 Å². The summed E-state index contributed by atoms with van der Waals surface area (Å²) in [5.41, 5.74) is 25.0. The van der Waals surface area contributed by atoms with Crippen molar-refractivity contribution in [3.8, 4) is 33.9 Å². The fourth-order valence-electron chi connectivity index (χ4n) is 18.7. The second kappa shape index (κ2) is 26.3. The average Bonchev–Trinajstić information content (AvgIpc) is 1.54. The normalized spacial score (nSPS) is 14.3. The van der Waals surface area contributed by atoms with E-state index in [1.54, 1.807) is 0 Å². The molecule has 10 nitrogen and oxygen atoms in total. The number of benzene rings is 12. The molecule has 16 aromatic rings. The smallest absolute Gasteiger partial charge is 0.266 e. The molecule has 4 amide bonds. The average molecular weight is 1580 g/mol. The van der Waals surface area contributed by atoms with E-state index in [-0.39, 0.29) is 43.3 Å². The zero-order valence-corrected chi connectivity index (χ0v) is 74.9. The number of carbonyl (C=O) groups is 4. The number of aryl methyl sites for hydroxylation is 2. The first-order valence-corrected chi connectivity index (χ1v) is 42.8. The van der Waals surface area contributed by atoms with Crippen molar-refractivity contribution >= 4 is 122 Å². The highest BCUT2D eigenvalue weighted by atomic mass is 16.2. The number of fused-ring (bicyclic) bond motifs is 14. The van der Waals surface area contributed by atoms with E-state index in [9.17, 15) is 0 Å². The lowest BCUT2D eigenvalue weighted by molar-refractivity contribution is 0.0910. The highest BCUT2D eigenvalue weighted by molar-refractivity contribution is 6.36. The Morgan fingerprint density at radius 1 is 0.183 bits per heavy atom. The Labute approximate surface area is 706 Å². The zero-order valence-electron chi connectivity index (χ0n) is 74.9. The van der Waals surface area contributed by atoms with Gasteiger partial charge in [-0.1, -0.05) is 227 Å². The first-order chi connectivity index (χ1) is 56.0. The lowest BCUT2D eigenvalue weighted by atomic mass is 9.85. The van der Waals surface area contributed by atoms with Crippen molar-refractivity contribution in [2.75, 3.05) is 9.80 Å². The van der Waals surface area contributed by atoms with Crippen LogP contribution in [0.2, 0.25) is 0 Å². The number of carbonyl (C=O) groups excluding carboxylic acids is 4. The Morgan fingerprint density at radius 2 is 0.342 bits per heavy atom. The van der Waals surface area contributed by atoms with Gasteiger partial charge in [0.25, 0.3) is 23.6 Å². The Morgan fingerprint density at radius 3 is 0.483 bits per heavy atom. The van der Waals surface area contributed by atoms with Gasteiger partial charge in [0.05, 0.1) is 101 Å². The van der Waals surface area contributed by atoms with Crippen LogP contribution in [0.15, 0.2) is 206 Å². The minimum absolute atomic E-state index is 0.136. The van der Waals surface area contributed by atoms with E-state index in [0.29, 0.717) is 33.6 Å². The summed E-state index contributed by atoms with van der Waals surface area (Å²) < 4.78 is 9.30. The van der Waals surface area contributed by atoms with E-state index in [2.05, 4.69) is 330 Å². The van der Waals surface area contributed by atoms with Crippen molar-refractivity contribution < 1.29 is 19.2 Å². The SMILES string of the molecule is Cc1cc(-c2ccc(N3C(=O)c4cc(-n5c6ccc(C(C)(C)C)cc6c6cc(C(C)(C)C)ccc65)c(-n5c6ccc(C(C)(C)C)cc6c6cc(C(C)(C)C)ccc65)cc4C3=O)c(C)c2)ccc1N1C(=O)c2cc(-n3c4ccc(C(C)(C)C)cc4c4cc(C(C)(C)C)ccc43)c(-n3c4ccc(C(C)(C)C)cc4c4cc(C(C)(C)C)ccc43)cc2C1=O. The van der Waals surface area contributed by atoms with Gasteiger partial charge in [0, 0.05) is 43.1 Å². The summed E-state index contributed by atoms with van der Waals surface area (Å²) >= 11 is 0. The van der Waals surface area contributed by atoms with Crippen molar-refractivity contribution in [2.45, 2.75) is 223 Å². The van der Waals surface area contributed by atoms with Gasteiger partial charge in [-0.25, -0.2) is 9.80 Å². The van der Waals surface area contributed by atoms with Crippen LogP contribution < -0.4 is 9.80 Å². The van der Waals surface area contributed by atoms with Gasteiger partial charge in [-0.2, -0.15) is 0 Å². The fourth-order valence-corrected chi connectivity index (χ4v) is 18.7. The summed E-state index contributed by atoms with van der Waals surface area (Å²) in [4.78, 5) is 66.2. The van der Waals surface area contributed by atoms with Crippen LogP contribution in [0.3, 0.4) is 0 Å². The van der Waals surface area contributed by atoms with Gasteiger partial charge < -0.3 is 18.3 Å². The Bertz CT molecular complexity index is 6120. The molecule has 0 saturated heterocycles. The fraction of sp³-hybridized carbons (Fsp3) is 0.309. The molecule has 606 valence electrons. The summed E-state index contributed by atoms with van der Waals surface area (Å²) in [7, 11) is 0. The molecule has 0 spiro atoms. The minimum Gasteiger partial charge on any atom is -0.307 e. The first-order valence-electron chi connectivity index (χ1n) is 42.8. The van der Waals surface area contributed by atoms with Gasteiger partial charge in [-0.05, 0) is 270 Å². The molecule has 2 aliphatic heterocycles. The van der Waals surface area contributed by atoms with E-state index in [1.807, 2.05) is 74.5 Å². The molecule has 0 radical (unpaired) electrons. The molecule has 0 bridgehead atoms. The van der Waals surface area contributed by atoms with Crippen LogP contribution in [-0.4, -0.2) is 41.9 Å². The largest absolute Gasteiger partial charge is 0.307 e. The summed E-state index contributed by atoms with van der Waals surface area (Å²) in [6.45, 7) is 58.0. The van der Waals surface area contributed by atoms with Crippen LogP contribution in [0.1, 0.15) is 263 Å². The molecule has 18 rings (SSSR count). The summed E-state index contributed by atoms with van der Waals surface area (Å²) in [6.07, 6.45) is 0. The molecular formula is C110H112N6O4. The second-order valence-corrected chi connectivity index (χ2v) is 42.9. The number of rotatable bonds is 7. The van der Waals surface area contributed by atoms with Crippen LogP contribution >= 0.6 is 0 Å². The van der Waals surface area contributed by atoms with E-state index >= 15 is 19.2 Å². The standard InChI is InChI=1S/C110H112N6O4/c1-61-47-63(27-37-85(61)115-99(117)81-57-95(111-87-39-29-65(103(3,4)5)49-73(87)74-50-66(104(6,7)8)30-40-88(74)111)96(58-82(81)100(115)118)112-89-41-31-67(105(9,10)11)51-75(89)76-52-68(106(12,13)14)32-42-90(76)112)64-28-38-86(62(2)48-64)116-101(119)83-59-97(113-91-43-33-69(107(15,16)17)53-77(91)78-54-70(108(18,19)20)34-44-92(78)113)98(60-84(83)102(116)120)114-93-45-35-71(109(21,22)23)55-79(93)80-56-72(110(24,25)26)36-46-94(80)114/h27-60H,1-26H3. The van der Waals surface area contributed by atoms with E-state index in [4.69, 9.17) is 0 Å². The Kier molecular flexibility index (Phi) is 17.4. The van der Waals surface area contributed by atoms with Crippen molar-refractivity contribution in [1.29, 1.82) is 0 Å². The number of aromatic nitrogens is 4. The molecule has 6 heterocycles. The number of imide groups is 2. The van der Waals surface area contributed by atoms with E-state index in [1.165, 1.54) is 54.3 Å². The van der Waals surface area contributed by atoms with Crippen molar-refractivity contribution in [3.05, 3.63) is 284 Å². The maximum Gasteiger partial charge on any atom is 0.266 e. The monoisotopic (exact) mass is 1580 g/mol. The van der Waals surface area contributed by atoms with Crippen molar-refractivity contribution in [2.24, 2.45) is 0 Å². The molecule has 2 aliphatic rings. The lowest BCUT2D eigenvalue weighted by Crippen LogP contribution is -2.30. The van der Waals surface area contributed by atoms with Gasteiger partial charge in [-0.3, -0.25) is 19.2 Å². The van der Waals surface area contributed by atoms with Crippen LogP contribution in [0.25, 0.3) is 121 Å². The number of hydrogen-bond donors (Lipinski definition) is 0. The summed E-state index contributed by atoms with van der Waals surface area (Å²) in [5, 5.41) is 8.89. The van der Waals surface area contributed by atoms with Crippen LogP contribution in [-0.2, 0) is 43.3 Å². The predicted octanol–water partition coefficient (Wildman–Crippen LogP) is 28.3. The number of nitrogens with zero attached hydrogens (tertiary/aromatic N) is 6. The molecule has 0 atom stereocenters. The molecular weight excluding hydrogens is 1470 g/mol. The molecule has 10 heteroatoms. The lowest BCUT2D eigenvalue weighted by Gasteiger charge is -2.21. The zero-order chi connectivity index (χ0) is 85.8. The number of hydrogen-bond acceptors (Lipinski definition) is 4. The molecule has 0 N–H and O–H groups in total. The maximum atomic E-state index is 15.9. The third kappa shape index (κ3) is 12.5. The molecule has 4 aromatic heterocycles. The highest BCUT2D eigenvalue weighted by Gasteiger charge is 2.43. The molecule has 12 aromatic carbocycles. The first kappa shape index (κ1) is 79.2.